The monoisotopic (exact) mass is 347 g/mol. The summed E-state index contributed by atoms with van der Waals surface area (Å²) in [6.07, 6.45) is 0.560. The average molecular weight is 347 g/mol. The van der Waals surface area contributed by atoms with Crippen molar-refractivity contribution in [3.8, 4) is 11.5 Å². The van der Waals surface area contributed by atoms with Crippen LogP contribution in [-0.2, 0) is 25.9 Å². The minimum atomic E-state index is -3.34. The van der Waals surface area contributed by atoms with Gasteiger partial charge in [-0.1, -0.05) is 6.07 Å². The standard InChI is InChI=1S/C15H25NO6S/c1-19-8-9-22-10-11-23(17,18)16-7-6-13-4-5-14(20-2)15(12-13)21-3/h4-5,12,16H,6-11H2,1-3H3. The van der Waals surface area contributed by atoms with Gasteiger partial charge in [-0.25, -0.2) is 13.1 Å². The number of benzene rings is 1. The van der Waals surface area contributed by atoms with E-state index in [0.29, 0.717) is 37.7 Å². The van der Waals surface area contributed by atoms with E-state index in [2.05, 4.69) is 4.72 Å². The molecule has 0 heterocycles. The van der Waals surface area contributed by atoms with Gasteiger partial charge in [0.2, 0.25) is 10.0 Å². The fourth-order valence-electron chi connectivity index (χ4n) is 1.87. The maximum Gasteiger partial charge on any atom is 0.213 e. The number of methoxy groups -OCH3 is 3. The summed E-state index contributed by atoms with van der Waals surface area (Å²) in [5, 5.41) is 0. The van der Waals surface area contributed by atoms with E-state index in [0.717, 1.165) is 5.56 Å². The van der Waals surface area contributed by atoms with E-state index in [1.165, 1.54) is 0 Å². The Bertz CT molecular complexity index is 561. The molecule has 1 N–H and O–H groups in total. The van der Waals surface area contributed by atoms with Crippen molar-refractivity contribution in [2.45, 2.75) is 6.42 Å². The highest BCUT2D eigenvalue weighted by Gasteiger charge is 2.10. The molecule has 0 amide bonds. The maximum atomic E-state index is 11.8. The number of hydrogen-bond acceptors (Lipinski definition) is 6. The van der Waals surface area contributed by atoms with Crippen molar-refractivity contribution >= 4 is 10.0 Å². The minimum absolute atomic E-state index is 0.0668. The summed E-state index contributed by atoms with van der Waals surface area (Å²) in [6.45, 7) is 1.30. The van der Waals surface area contributed by atoms with Gasteiger partial charge < -0.3 is 18.9 Å². The molecule has 0 aliphatic rings. The van der Waals surface area contributed by atoms with Crippen molar-refractivity contribution < 1.29 is 27.4 Å². The number of hydrogen-bond donors (Lipinski definition) is 1. The Balaban J connectivity index is 2.37. The molecule has 0 bridgehead atoms. The van der Waals surface area contributed by atoms with Gasteiger partial charge in [0, 0.05) is 13.7 Å². The lowest BCUT2D eigenvalue weighted by molar-refractivity contribution is 0.0784. The third-order valence-electron chi connectivity index (χ3n) is 3.11. The van der Waals surface area contributed by atoms with E-state index in [1.807, 2.05) is 12.1 Å². The van der Waals surface area contributed by atoms with Crippen molar-refractivity contribution in [3.63, 3.8) is 0 Å². The van der Waals surface area contributed by atoms with E-state index >= 15 is 0 Å². The first kappa shape index (κ1) is 19.7. The average Bonchev–Trinajstić information content (AvgIpc) is 2.54. The molecule has 132 valence electrons. The molecule has 0 unspecified atom stereocenters. The van der Waals surface area contributed by atoms with Crippen molar-refractivity contribution in [1.82, 2.24) is 4.72 Å². The van der Waals surface area contributed by atoms with Crippen molar-refractivity contribution in [1.29, 1.82) is 0 Å². The van der Waals surface area contributed by atoms with Gasteiger partial charge in [-0.2, -0.15) is 0 Å². The molecule has 0 aliphatic heterocycles. The molecule has 1 rings (SSSR count). The predicted molar refractivity (Wildman–Crippen MR) is 87.7 cm³/mol. The fourth-order valence-corrected chi connectivity index (χ4v) is 2.77. The zero-order valence-electron chi connectivity index (χ0n) is 13.8. The number of nitrogens with one attached hydrogen (secondary N) is 1. The van der Waals surface area contributed by atoms with E-state index in [9.17, 15) is 8.42 Å². The van der Waals surface area contributed by atoms with Gasteiger partial charge in [-0.3, -0.25) is 0 Å². The van der Waals surface area contributed by atoms with Crippen LogP contribution in [0.4, 0.5) is 0 Å². The second-order valence-corrected chi connectivity index (χ2v) is 6.68. The van der Waals surface area contributed by atoms with Crippen LogP contribution in [0.15, 0.2) is 18.2 Å². The predicted octanol–water partition coefficient (Wildman–Crippen LogP) is 0.829. The normalized spacial score (nSPS) is 11.4. The molecule has 1 aromatic rings. The molecule has 23 heavy (non-hydrogen) atoms. The Hall–Kier alpha value is -1.35. The Labute approximate surface area is 137 Å². The second-order valence-electron chi connectivity index (χ2n) is 4.76. The Kier molecular flexibility index (Phi) is 8.93. The fraction of sp³-hybridized carbons (Fsp3) is 0.600. The van der Waals surface area contributed by atoms with Gasteiger partial charge in [0.1, 0.15) is 0 Å². The lowest BCUT2D eigenvalue weighted by atomic mass is 10.1. The van der Waals surface area contributed by atoms with Crippen molar-refractivity contribution in [3.05, 3.63) is 23.8 Å². The molecule has 1 aromatic carbocycles. The van der Waals surface area contributed by atoms with Gasteiger partial charge in [0.15, 0.2) is 11.5 Å². The summed E-state index contributed by atoms with van der Waals surface area (Å²) in [7, 11) is 1.36. The largest absolute Gasteiger partial charge is 0.493 e. The molecule has 0 saturated heterocycles. The molecular weight excluding hydrogens is 322 g/mol. The number of ether oxygens (including phenoxy) is 4. The number of sulfonamides is 1. The third kappa shape index (κ3) is 7.65. The summed E-state index contributed by atoms with van der Waals surface area (Å²) < 4.78 is 46.5. The Morgan fingerprint density at radius 1 is 1.00 bits per heavy atom. The summed E-state index contributed by atoms with van der Waals surface area (Å²) in [5.74, 6) is 1.20. The SMILES string of the molecule is COCCOCCS(=O)(=O)NCCc1ccc(OC)c(OC)c1. The highest BCUT2D eigenvalue weighted by Crippen LogP contribution is 2.27. The molecule has 7 nitrogen and oxygen atoms in total. The lowest BCUT2D eigenvalue weighted by Gasteiger charge is -2.10. The Morgan fingerprint density at radius 2 is 1.74 bits per heavy atom. The van der Waals surface area contributed by atoms with Crippen LogP contribution < -0.4 is 14.2 Å². The van der Waals surface area contributed by atoms with Crippen LogP contribution in [0.5, 0.6) is 11.5 Å². The smallest absolute Gasteiger partial charge is 0.213 e. The first-order valence-electron chi connectivity index (χ1n) is 7.27. The highest BCUT2D eigenvalue weighted by molar-refractivity contribution is 7.89. The van der Waals surface area contributed by atoms with E-state index in [-0.39, 0.29) is 12.4 Å². The molecule has 0 saturated carbocycles. The molecule has 0 aliphatic carbocycles. The maximum absolute atomic E-state index is 11.8. The topological polar surface area (TPSA) is 83.1 Å². The van der Waals surface area contributed by atoms with Crippen LogP contribution in [0.2, 0.25) is 0 Å². The van der Waals surface area contributed by atoms with Crippen LogP contribution >= 0.6 is 0 Å². The van der Waals surface area contributed by atoms with Crippen LogP contribution in [0.25, 0.3) is 0 Å². The molecule has 0 aromatic heterocycles. The second kappa shape index (κ2) is 10.4. The lowest BCUT2D eigenvalue weighted by Crippen LogP contribution is -2.30. The van der Waals surface area contributed by atoms with Gasteiger partial charge in [-0.15, -0.1) is 0 Å². The summed E-state index contributed by atoms with van der Waals surface area (Å²) in [6, 6.07) is 5.51. The third-order valence-corrected chi connectivity index (χ3v) is 4.46. The summed E-state index contributed by atoms with van der Waals surface area (Å²) >= 11 is 0. The summed E-state index contributed by atoms with van der Waals surface area (Å²) in [4.78, 5) is 0. The van der Waals surface area contributed by atoms with Crippen LogP contribution in [0, 0.1) is 0 Å². The molecular formula is C15H25NO6S. The Morgan fingerprint density at radius 3 is 2.39 bits per heavy atom. The van der Waals surface area contributed by atoms with Crippen LogP contribution in [0.1, 0.15) is 5.56 Å². The van der Waals surface area contributed by atoms with Crippen LogP contribution in [-0.4, -0.2) is 61.9 Å². The van der Waals surface area contributed by atoms with Crippen molar-refractivity contribution in [2.75, 3.05) is 53.4 Å². The zero-order chi connectivity index (χ0) is 17.1. The van der Waals surface area contributed by atoms with Crippen molar-refractivity contribution in [2.24, 2.45) is 0 Å². The highest BCUT2D eigenvalue weighted by atomic mass is 32.2. The molecule has 0 fully saturated rings. The van der Waals surface area contributed by atoms with E-state index in [1.54, 1.807) is 27.4 Å². The number of rotatable bonds is 12. The van der Waals surface area contributed by atoms with Gasteiger partial charge >= 0.3 is 0 Å². The minimum Gasteiger partial charge on any atom is -0.493 e. The van der Waals surface area contributed by atoms with Crippen LogP contribution in [0.3, 0.4) is 0 Å². The molecule has 0 radical (unpaired) electrons. The first-order chi connectivity index (χ1) is 11.0. The molecule has 8 heteroatoms. The molecule has 0 spiro atoms. The quantitative estimate of drug-likeness (QED) is 0.564. The zero-order valence-corrected chi connectivity index (χ0v) is 14.6. The first-order valence-corrected chi connectivity index (χ1v) is 8.92. The molecule has 0 atom stereocenters. The van der Waals surface area contributed by atoms with Gasteiger partial charge in [0.25, 0.3) is 0 Å². The van der Waals surface area contributed by atoms with Gasteiger partial charge in [-0.05, 0) is 24.1 Å². The van der Waals surface area contributed by atoms with E-state index < -0.39 is 10.0 Å². The summed E-state index contributed by atoms with van der Waals surface area (Å²) in [5.41, 5.74) is 0.960. The van der Waals surface area contributed by atoms with Gasteiger partial charge in [0.05, 0.1) is 39.8 Å². The van der Waals surface area contributed by atoms with E-state index in [4.69, 9.17) is 18.9 Å².